The number of carbonyl (C=O) groups is 5. The molecule has 0 saturated heterocycles. The fourth-order valence-electron chi connectivity index (χ4n) is 7.87. The van der Waals surface area contributed by atoms with Crippen LogP contribution in [0, 0.1) is 0 Å². The van der Waals surface area contributed by atoms with E-state index in [9.17, 15) is 39.0 Å². The molecule has 85 heavy (non-hydrogen) atoms. The number of ether oxygens (including phenoxy) is 5. The van der Waals surface area contributed by atoms with E-state index in [2.05, 4.69) is 40.1 Å². The van der Waals surface area contributed by atoms with Crippen LogP contribution < -0.4 is 20.1 Å². The zero-order valence-corrected chi connectivity index (χ0v) is 47.2. The second-order valence-corrected chi connectivity index (χ2v) is 18.7. The molecule has 0 aliphatic rings. The highest BCUT2D eigenvalue weighted by atomic mass is 16.6. The van der Waals surface area contributed by atoms with Crippen molar-refractivity contribution in [2.24, 2.45) is 4.99 Å². The van der Waals surface area contributed by atoms with Crippen molar-refractivity contribution in [3.8, 4) is 89.8 Å². The number of phenolic OH excluding ortho intramolecular Hbond substituents is 2. The van der Waals surface area contributed by atoms with E-state index in [-0.39, 0.29) is 73.6 Å². The molecule has 16 nitrogen and oxygen atoms in total. The van der Waals surface area contributed by atoms with Gasteiger partial charge in [0.2, 0.25) is 6.08 Å². The van der Waals surface area contributed by atoms with Crippen molar-refractivity contribution in [3.63, 3.8) is 0 Å². The maximum atomic E-state index is 12.9. The van der Waals surface area contributed by atoms with Gasteiger partial charge in [0.05, 0.1) is 19.6 Å². The van der Waals surface area contributed by atoms with E-state index < -0.39 is 30.1 Å². The van der Waals surface area contributed by atoms with Gasteiger partial charge in [-0.2, -0.15) is 0 Å². The van der Waals surface area contributed by atoms with E-state index in [1.54, 1.807) is 31.2 Å². The minimum Gasteiger partial charge on any atom is -0.507 e. The Morgan fingerprint density at radius 1 is 0.412 bits per heavy atom. The highest BCUT2D eigenvalue weighted by Gasteiger charge is 2.20. The maximum Gasteiger partial charge on any atom is 0.412 e. The summed E-state index contributed by atoms with van der Waals surface area (Å²) in [5, 5.41) is 26.0. The molecule has 2 amide bonds. The van der Waals surface area contributed by atoms with E-state index in [0.29, 0.717) is 27.8 Å². The molecule has 0 radical (unpaired) electrons. The number of nitrogens with one attached hydrogen (secondary N) is 2. The van der Waals surface area contributed by atoms with E-state index in [0.717, 1.165) is 44.5 Å². The monoisotopic (exact) mass is 1140 g/mol. The average Bonchev–Trinajstić information content (AvgIpc) is 3.35. The number of hydrogen-bond acceptors (Lipinski definition) is 14. The molecule has 0 aliphatic carbocycles. The van der Waals surface area contributed by atoms with Crippen LogP contribution >= 0.6 is 0 Å². The Bertz CT molecular complexity index is 3470. The number of amides is 2. The highest BCUT2D eigenvalue weighted by molar-refractivity contribution is 5.90. The largest absolute Gasteiger partial charge is 0.507 e. The van der Waals surface area contributed by atoms with Crippen molar-refractivity contribution in [3.05, 3.63) is 231 Å². The van der Waals surface area contributed by atoms with Crippen molar-refractivity contribution in [1.82, 2.24) is 10.6 Å². The number of benzene rings is 8. The van der Waals surface area contributed by atoms with Crippen LogP contribution in [0.2, 0.25) is 0 Å². The van der Waals surface area contributed by atoms with Crippen molar-refractivity contribution < 1.29 is 62.7 Å². The van der Waals surface area contributed by atoms with Gasteiger partial charge in [-0.1, -0.05) is 165 Å². The summed E-state index contributed by atoms with van der Waals surface area (Å²) in [5.41, 5.74) is 10.6. The minimum atomic E-state index is -0.779. The summed E-state index contributed by atoms with van der Waals surface area (Å²) in [6, 6.07) is 60.8. The smallest absolute Gasteiger partial charge is 0.412 e. The molecule has 0 aromatic heterocycles. The molecule has 0 saturated carbocycles. The first kappa shape index (κ1) is 63.1. The van der Waals surface area contributed by atoms with Gasteiger partial charge in [0.15, 0.2) is 0 Å². The van der Waals surface area contributed by atoms with Crippen molar-refractivity contribution in [2.45, 2.75) is 20.8 Å². The molecule has 0 aliphatic heterocycles. The Labute approximate surface area is 493 Å². The number of rotatable bonds is 20. The highest BCUT2D eigenvalue weighted by Crippen LogP contribution is 2.43. The van der Waals surface area contributed by atoms with E-state index in [4.69, 9.17) is 18.9 Å². The fraction of sp³-hybridized carbons (Fsp3) is 0.130. The van der Waals surface area contributed by atoms with Crippen LogP contribution in [0.4, 0.5) is 9.59 Å². The molecule has 8 aromatic carbocycles. The zero-order chi connectivity index (χ0) is 61.1. The van der Waals surface area contributed by atoms with Crippen LogP contribution in [0.15, 0.2) is 236 Å². The Hall–Kier alpha value is -11.1. The lowest BCUT2D eigenvalue weighted by atomic mass is 9.94. The third-order valence-electron chi connectivity index (χ3n) is 12.1. The zero-order valence-electron chi connectivity index (χ0n) is 47.2. The van der Waals surface area contributed by atoms with Gasteiger partial charge in [0.25, 0.3) is 0 Å². The third-order valence-corrected chi connectivity index (χ3v) is 12.1. The molecular formula is C69H63N3O13. The summed E-state index contributed by atoms with van der Waals surface area (Å²) < 4.78 is 26.2. The summed E-state index contributed by atoms with van der Waals surface area (Å²) in [5.74, 6) is -0.929. The molecule has 8 aromatic rings. The van der Waals surface area contributed by atoms with Crippen LogP contribution in [0.3, 0.4) is 0 Å². The lowest BCUT2D eigenvalue weighted by Crippen LogP contribution is -2.31. The Morgan fingerprint density at radius 2 is 0.706 bits per heavy atom. The van der Waals surface area contributed by atoms with Crippen molar-refractivity contribution >= 4 is 36.2 Å². The Morgan fingerprint density at radius 3 is 1.01 bits per heavy atom. The Kier molecular flexibility index (Phi) is 24.0. The molecule has 0 bridgehead atoms. The number of phenols is 2. The van der Waals surface area contributed by atoms with Gasteiger partial charge in [-0.15, -0.1) is 0 Å². The van der Waals surface area contributed by atoms with Gasteiger partial charge < -0.3 is 44.5 Å². The number of aliphatic imine (C=N–C) groups is 1. The second-order valence-electron chi connectivity index (χ2n) is 18.7. The number of aromatic hydroxyl groups is 2. The summed E-state index contributed by atoms with van der Waals surface area (Å²) in [4.78, 5) is 72.5. The molecule has 432 valence electrons. The first-order valence-corrected chi connectivity index (χ1v) is 26.6. The van der Waals surface area contributed by atoms with E-state index in [1.165, 1.54) is 19.9 Å². The van der Waals surface area contributed by atoms with Gasteiger partial charge in [-0.25, -0.2) is 33.8 Å². The molecule has 0 atom stereocenters. The molecule has 0 spiro atoms. The lowest BCUT2D eigenvalue weighted by Gasteiger charge is -2.17. The number of nitrogens with zero attached hydrogens (tertiary/aromatic N) is 1. The third kappa shape index (κ3) is 19.6. The van der Waals surface area contributed by atoms with Gasteiger partial charge in [0.1, 0.15) is 42.8 Å². The molecule has 0 fully saturated rings. The topological polar surface area (TPSA) is 225 Å². The van der Waals surface area contributed by atoms with Crippen LogP contribution in [-0.4, -0.2) is 85.8 Å². The van der Waals surface area contributed by atoms with E-state index in [1.807, 2.05) is 170 Å². The molecule has 4 N–H and O–H groups in total. The standard InChI is InChI=1S/C38H36N2O8.C24H18O2.C7H9NO3/c1-25(2)35(41)45-21-19-39-37(43)47-33-17-15-29(27-11-7-5-8-12-27)23-31(33)32-24-30(28-13-9-6-10-14-28)16-18-34(32)48-38(44)40-20-22-46-36(42)26(3)4;25-23-13-11-19(17-7-3-1-4-8-17)15-21(23)22-16-20(12-14-24(22)26)18-9-5-2-6-10-18;1-6(2)7(10)11-4-3-8-5-9/h5-18,23-24H,1,3,19-22H2,2,4H3,(H,39,43)(H,40,44);1-16,25-26H;1,3-4H2,2H3. The number of carbonyl (C=O) groups excluding carboxylic acids is 6. The van der Waals surface area contributed by atoms with E-state index >= 15 is 0 Å². The molecule has 8 rings (SSSR count). The summed E-state index contributed by atoms with van der Waals surface area (Å²) in [7, 11) is 0. The maximum absolute atomic E-state index is 12.9. The van der Waals surface area contributed by atoms with Crippen molar-refractivity contribution in [1.29, 1.82) is 0 Å². The molecular weight excluding hydrogens is 1080 g/mol. The van der Waals surface area contributed by atoms with Crippen LogP contribution in [0.25, 0.3) is 66.8 Å². The summed E-state index contributed by atoms with van der Waals surface area (Å²) >= 11 is 0. The predicted octanol–water partition coefficient (Wildman–Crippen LogP) is 13.6. The fourth-order valence-corrected chi connectivity index (χ4v) is 7.87. The second kappa shape index (κ2) is 32.4. The normalized spacial score (nSPS) is 10.1. The SMILES string of the molecule is C=C(C)C(=O)OCCN=C=O.C=C(C)C(=O)OCCNC(=O)Oc1ccc(-c2ccccc2)cc1-c1cc(-c2ccccc2)ccc1OC(=O)NCCOC(=O)C(=C)C.Oc1ccc(-c2ccccc2)cc1-c1cc(-c2ccccc2)ccc1O. The first-order valence-electron chi connectivity index (χ1n) is 26.6. The molecule has 0 unspecified atom stereocenters. The summed E-state index contributed by atoms with van der Waals surface area (Å²) in [6.07, 6.45) is -0.226. The first-order chi connectivity index (χ1) is 41.0. The predicted molar refractivity (Wildman–Crippen MR) is 327 cm³/mol. The van der Waals surface area contributed by atoms with Crippen LogP contribution in [0.5, 0.6) is 23.0 Å². The van der Waals surface area contributed by atoms with Gasteiger partial charge in [-0.3, -0.25) is 0 Å². The number of esters is 3. The average molecular weight is 1140 g/mol. The number of hydrogen-bond donors (Lipinski definition) is 4. The van der Waals surface area contributed by atoms with Crippen LogP contribution in [-0.2, 0) is 33.4 Å². The summed E-state index contributed by atoms with van der Waals surface area (Å²) in [6.45, 7) is 15.2. The van der Waals surface area contributed by atoms with Crippen LogP contribution in [0.1, 0.15) is 20.8 Å². The Balaban J connectivity index is 0.000000258. The van der Waals surface area contributed by atoms with Crippen molar-refractivity contribution in [2.75, 3.05) is 39.5 Å². The van der Waals surface area contributed by atoms with Gasteiger partial charge in [-0.05, 0) is 114 Å². The molecule has 16 heteroatoms. The van der Waals surface area contributed by atoms with Gasteiger partial charge in [0, 0.05) is 39.0 Å². The minimum absolute atomic E-state index is 0.00892. The number of isocyanates is 1. The van der Waals surface area contributed by atoms with Gasteiger partial charge >= 0.3 is 30.1 Å². The lowest BCUT2D eigenvalue weighted by molar-refractivity contribution is -0.139. The molecule has 0 heterocycles. The quantitative estimate of drug-likeness (QED) is 0.0139.